The zero-order valence-corrected chi connectivity index (χ0v) is 8.52. The Morgan fingerprint density at radius 3 is 2.71 bits per heavy atom. The summed E-state index contributed by atoms with van der Waals surface area (Å²) in [5.74, 6) is 0.861. The first-order valence-electron chi connectivity index (χ1n) is 5.28. The average Bonchev–Trinajstić information content (AvgIpc) is 2.67. The van der Waals surface area contributed by atoms with Gasteiger partial charge in [-0.25, -0.2) is 4.98 Å². The first-order chi connectivity index (χ1) is 6.79. The molecule has 1 saturated carbocycles. The first kappa shape index (κ1) is 9.44. The molecule has 0 atom stereocenters. The maximum atomic E-state index is 10.5. The van der Waals surface area contributed by atoms with Gasteiger partial charge < -0.3 is 4.57 Å². The van der Waals surface area contributed by atoms with Gasteiger partial charge in [-0.05, 0) is 31.6 Å². The third-order valence-electron chi connectivity index (χ3n) is 3.15. The summed E-state index contributed by atoms with van der Waals surface area (Å²) in [6.45, 7) is 2.31. The van der Waals surface area contributed by atoms with E-state index in [4.69, 9.17) is 0 Å². The molecule has 0 bridgehead atoms. The summed E-state index contributed by atoms with van der Waals surface area (Å²) in [7, 11) is 0. The molecule has 76 valence electrons. The Morgan fingerprint density at radius 2 is 2.14 bits per heavy atom. The fraction of sp³-hybridized carbons (Fsp3) is 0.636. The highest BCUT2D eigenvalue weighted by Crippen LogP contribution is 2.31. The topological polar surface area (TPSA) is 34.9 Å². The summed E-state index contributed by atoms with van der Waals surface area (Å²) in [6.07, 6.45) is 9.46. The van der Waals surface area contributed by atoms with Crippen LogP contribution in [0.5, 0.6) is 0 Å². The molecule has 0 saturated heterocycles. The van der Waals surface area contributed by atoms with Gasteiger partial charge >= 0.3 is 0 Å². The van der Waals surface area contributed by atoms with E-state index in [0.29, 0.717) is 11.7 Å². The van der Waals surface area contributed by atoms with E-state index in [-0.39, 0.29) is 0 Å². The van der Waals surface area contributed by atoms with Gasteiger partial charge in [0.25, 0.3) is 0 Å². The average molecular weight is 192 g/mol. The van der Waals surface area contributed by atoms with E-state index in [1.165, 1.54) is 25.7 Å². The molecule has 1 aromatic heterocycles. The maximum absolute atomic E-state index is 10.5. The Balaban J connectivity index is 2.04. The molecule has 1 heterocycles. The second-order valence-corrected chi connectivity index (χ2v) is 4.28. The minimum atomic E-state index is 0.545. The molecule has 1 aliphatic carbocycles. The molecular formula is C11H16N2O. The third kappa shape index (κ3) is 1.86. The van der Waals surface area contributed by atoms with E-state index in [1.807, 2.05) is 6.20 Å². The summed E-state index contributed by atoms with van der Waals surface area (Å²) in [5, 5.41) is 0. The van der Waals surface area contributed by atoms with Crippen LogP contribution >= 0.6 is 0 Å². The van der Waals surface area contributed by atoms with Crippen molar-refractivity contribution in [2.75, 3.05) is 0 Å². The molecule has 0 amide bonds. The van der Waals surface area contributed by atoms with Crippen molar-refractivity contribution < 1.29 is 4.79 Å². The fourth-order valence-corrected chi connectivity index (χ4v) is 2.15. The lowest BCUT2D eigenvalue weighted by molar-refractivity contribution is 0.111. The largest absolute Gasteiger partial charge is 0.334 e. The number of rotatable bonds is 2. The lowest BCUT2D eigenvalue weighted by Gasteiger charge is -2.26. The van der Waals surface area contributed by atoms with Crippen LogP contribution in [0.1, 0.15) is 49.1 Å². The van der Waals surface area contributed by atoms with Gasteiger partial charge in [0.2, 0.25) is 0 Å². The summed E-state index contributed by atoms with van der Waals surface area (Å²) in [6, 6.07) is 0.562. The van der Waals surface area contributed by atoms with Crippen LogP contribution in [0.3, 0.4) is 0 Å². The molecule has 1 fully saturated rings. The van der Waals surface area contributed by atoms with Gasteiger partial charge in [-0.1, -0.05) is 6.92 Å². The number of aromatic nitrogens is 2. The SMILES string of the molecule is CC1CCC(n2cnc(C=O)c2)CC1. The van der Waals surface area contributed by atoms with Crippen LogP contribution in [0.4, 0.5) is 0 Å². The van der Waals surface area contributed by atoms with Crippen LogP contribution in [-0.4, -0.2) is 15.8 Å². The van der Waals surface area contributed by atoms with Gasteiger partial charge in [0.1, 0.15) is 5.69 Å². The van der Waals surface area contributed by atoms with Crippen molar-refractivity contribution in [2.24, 2.45) is 5.92 Å². The van der Waals surface area contributed by atoms with E-state index in [1.54, 1.807) is 6.33 Å². The second-order valence-electron chi connectivity index (χ2n) is 4.28. The predicted octanol–water partition coefficient (Wildman–Crippen LogP) is 2.45. The Kier molecular flexibility index (Phi) is 2.66. The molecule has 1 aliphatic rings. The van der Waals surface area contributed by atoms with Crippen molar-refractivity contribution in [3.63, 3.8) is 0 Å². The maximum Gasteiger partial charge on any atom is 0.169 e. The predicted molar refractivity (Wildman–Crippen MR) is 54.3 cm³/mol. The summed E-state index contributed by atoms with van der Waals surface area (Å²) in [4.78, 5) is 14.5. The van der Waals surface area contributed by atoms with Gasteiger partial charge in [0.05, 0.1) is 6.33 Å². The molecule has 0 aromatic carbocycles. The number of hydrogen-bond donors (Lipinski definition) is 0. The van der Waals surface area contributed by atoms with Crippen molar-refractivity contribution >= 4 is 6.29 Å². The molecule has 0 aliphatic heterocycles. The van der Waals surface area contributed by atoms with Crippen LogP contribution in [-0.2, 0) is 0 Å². The third-order valence-corrected chi connectivity index (χ3v) is 3.15. The van der Waals surface area contributed by atoms with Crippen molar-refractivity contribution in [3.8, 4) is 0 Å². The van der Waals surface area contributed by atoms with Crippen LogP contribution < -0.4 is 0 Å². The fourth-order valence-electron chi connectivity index (χ4n) is 2.15. The Morgan fingerprint density at radius 1 is 1.43 bits per heavy atom. The van der Waals surface area contributed by atoms with Gasteiger partial charge in [0, 0.05) is 12.2 Å². The standard InChI is InChI=1S/C11H16N2O/c1-9-2-4-11(5-3-9)13-6-10(7-14)12-8-13/h6-9,11H,2-5H2,1H3. The highest BCUT2D eigenvalue weighted by molar-refractivity contribution is 5.70. The molecule has 0 N–H and O–H groups in total. The van der Waals surface area contributed by atoms with E-state index < -0.39 is 0 Å². The number of nitrogens with zero attached hydrogens (tertiary/aromatic N) is 2. The zero-order chi connectivity index (χ0) is 9.97. The summed E-state index contributed by atoms with van der Waals surface area (Å²) >= 11 is 0. The molecule has 0 spiro atoms. The van der Waals surface area contributed by atoms with Crippen LogP contribution in [0.25, 0.3) is 0 Å². The smallest absolute Gasteiger partial charge is 0.169 e. The molecule has 2 rings (SSSR count). The molecular weight excluding hydrogens is 176 g/mol. The van der Waals surface area contributed by atoms with Gasteiger partial charge in [-0.15, -0.1) is 0 Å². The quantitative estimate of drug-likeness (QED) is 0.674. The zero-order valence-electron chi connectivity index (χ0n) is 8.52. The Bertz CT molecular complexity index is 311. The molecule has 14 heavy (non-hydrogen) atoms. The first-order valence-corrected chi connectivity index (χ1v) is 5.28. The van der Waals surface area contributed by atoms with Crippen molar-refractivity contribution in [2.45, 2.75) is 38.6 Å². The lowest BCUT2D eigenvalue weighted by Crippen LogP contribution is -2.15. The van der Waals surface area contributed by atoms with E-state index in [9.17, 15) is 4.79 Å². The molecule has 0 unspecified atom stereocenters. The minimum absolute atomic E-state index is 0.545. The lowest BCUT2D eigenvalue weighted by atomic mass is 9.87. The van der Waals surface area contributed by atoms with Crippen LogP contribution in [0, 0.1) is 5.92 Å². The molecule has 0 radical (unpaired) electrons. The monoisotopic (exact) mass is 192 g/mol. The second kappa shape index (κ2) is 3.95. The van der Waals surface area contributed by atoms with E-state index in [2.05, 4.69) is 16.5 Å². The van der Waals surface area contributed by atoms with Crippen molar-refractivity contribution in [1.29, 1.82) is 0 Å². The van der Waals surface area contributed by atoms with Gasteiger partial charge in [-0.3, -0.25) is 4.79 Å². The van der Waals surface area contributed by atoms with Gasteiger partial charge in [0.15, 0.2) is 6.29 Å². The molecule has 3 heteroatoms. The van der Waals surface area contributed by atoms with Gasteiger partial charge in [-0.2, -0.15) is 0 Å². The Labute approximate surface area is 84.1 Å². The van der Waals surface area contributed by atoms with Crippen molar-refractivity contribution in [3.05, 3.63) is 18.2 Å². The number of carbonyl (C=O) groups is 1. The van der Waals surface area contributed by atoms with E-state index >= 15 is 0 Å². The summed E-state index contributed by atoms with van der Waals surface area (Å²) < 4.78 is 2.09. The molecule has 3 nitrogen and oxygen atoms in total. The number of hydrogen-bond acceptors (Lipinski definition) is 2. The highest BCUT2D eigenvalue weighted by Gasteiger charge is 2.19. The number of carbonyl (C=O) groups excluding carboxylic acids is 1. The van der Waals surface area contributed by atoms with Crippen LogP contribution in [0.15, 0.2) is 12.5 Å². The minimum Gasteiger partial charge on any atom is -0.334 e. The highest BCUT2D eigenvalue weighted by atomic mass is 16.1. The van der Waals surface area contributed by atoms with E-state index in [0.717, 1.165) is 12.2 Å². The van der Waals surface area contributed by atoms with Crippen LogP contribution in [0.2, 0.25) is 0 Å². The normalized spacial score (nSPS) is 27.5. The van der Waals surface area contributed by atoms with Crippen molar-refractivity contribution in [1.82, 2.24) is 9.55 Å². The number of aldehydes is 1. The number of imidazole rings is 1. The molecule has 1 aromatic rings. The Hall–Kier alpha value is -1.12. The summed E-state index contributed by atoms with van der Waals surface area (Å²) in [5.41, 5.74) is 0.545.